The number of nitrogens with one attached hydrogen (secondary N) is 1. The van der Waals surface area contributed by atoms with Crippen LogP contribution in [0.1, 0.15) is 27.2 Å². The van der Waals surface area contributed by atoms with Gasteiger partial charge in [-0.25, -0.2) is 0 Å². The summed E-state index contributed by atoms with van der Waals surface area (Å²) in [6.45, 7) is 5.64. The summed E-state index contributed by atoms with van der Waals surface area (Å²) in [5, 5.41) is 2.69. The lowest BCUT2D eigenvalue weighted by atomic mass is 9.98. The third-order valence-electron chi connectivity index (χ3n) is 2.55. The largest absolute Gasteiger partial charge is 0.352 e. The average Bonchev–Trinajstić information content (AvgIpc) is 2.08. The van der Waals surface area contributed by atoms with Crippen LogP contribution in [0.15, 0.2) is 0 Å². The van der Waals surface area contributed by atoms with Gasteiger partial charge in [-0.2, -0.15) is 0 Å². The van der Waals surface area contributed by atoms with Crippen LogP contribution in [0.25, 0.3) is 0 Å². The van der Waals surface area contributed by atoms with Crippen LogP contribution < -0.4 is 5.32 Å². The minimum absolute atomic E-state index is 0.128. The molecule has 5 nitrogen and oxygen atoms in total. The van der Waals surface area contributed by atoms with E-state index in [0.717, 1.165) is 0 Å². The highest BCUT2D eigenvalue weighted by atomic mass is 16.2. The molecular weight excluding hydrogens is 196 g/mol. The Morgan fingerprint density at radius 1 is 1.47 bits per heavy atom. The van der Waals surface area contributed by atoms with Crippen LogP contribution in [-0.2, 0) is 14.4 Å². The molecule has 5 heteroatoms. The van der Waals surface area contributed by atoms with Gasteiger partial charge in [0.05, 0.1) is 6.42 Å². The van der Waals surface area contributed by atoms with Crippen LogP contribution in [0, 0.1) is 0 Å². The first-order chi connectivity index (χ1) is 6.85. The second-order valence-electron chi connectivity index (χ2n) is 4.24. The summed E-state index contributed by atoms with van der Waals surface area (Å²) in [7, 11) is 0. The van der Waals surface area contributed by atoms with Gasteiger partial charge >= 0.3 is 0 Å². The number of ketones is 1. The number of carbonyl (C=O) groups excluding carboxylic acids is 3. The SMILES string of the molecule is CC(=O)CC(=O)N1CCNC(=O)C1(C)C. The minimum Gasteiger partial charge on any atom is -0.352 e. The second-order valence-corrected chi connectivity index (χ2v) is 4.24. The predicted molar refractivity (Wildman–Crippen MR) is 54.1 cm³/mol. The normalized spacial score (nSPS) is 19.7. The Morgan fingerprint density at radius 3 is 2.60 bits per heavy atom. The zero-order valence-corrected chi connectivity index (χ0v) is 9.29. The average molecular weight is 212 g/mol. The summed E-state index contributed by atoms with van der Waals surface area (Å²) in [6, 6.07) is 0. The van der Waals surface area contributed by atoms with Gasteiger partial charge in [0.2, 0.25) is 11.8 Å². The van der Waals surface area contributed by atoms with Crippen molar-refractivity contribution in [3.63, 3.8) is 0 Å². The zero-order chi connectivity index (χ0) is 11.6. The molecule has 1 N–H and O–H groups in total. The number of nitrogens with zero attached hydrogens (tertiary/aromatic N) is 1. The van der Waals surface area contributed by atoms with Crippen molar-refractivity contribution in [3.05, 3.63) is 0 Å². The standard InChI is InChI=1S/C10H16N2O3/c1-7(13)6-8(14)12-5-4-11-9(15)10(12,2)3/h4-6H2,1-3H3,(H,11,15). The van der Waals surface area contributed by atoms with Gasteiger partial charge in [-0.3, -0.25) is 14.4 Å². The molecule has 84 valence electrons. The molecule has 0 aromatic rings. The monoisotopic (exact) mass is 212 g/mol. The number of carbonyl (C=O) groups is 3. The van der Waals surface area contributed by atoms with Crippen molar-refractivity contribution in [2.75, 3.05) is 13.1 Å². The number of amides is 2. The van der Waals surface area contributed by atoms with E-state index in [4.69, 9.17) is 0 Å². The van der Waals surface area contributed by atoms with Crippen LogP contribution >= 0.6 is 0 Å². The van der Waals surface area contributed by atoms with Crippen LogP contribution in [0.3, 0.4) is 0 Å². The lowest BCUT2D eigenvalue weighted by molar-refractivity contribution is -0.150. The molecule has 0 bridgehead atoms. The zero-order valence-electron chi connectivity index (χ0n) is 9.29. The van der Waals surface area contributed by atoms with E-state index < -0.39 is 5.54 Å². The summed E-state index contributed by atoms with van der Waals surface area (Å²) in [5.74, 6) is -0.630. The van der Waals surface area contributed by atoms with E-state index in [1.807, 2.05) is 0 Å². The molecule has 1 rings (SSSR count). The number of rotatable bonds is 2. The molecule has 1 aliphatic rings. The molecule has 0 radical (unpaired) electrons. The number of hydrogen-bond acceptors (Lipinski definition) is 3. The molecule has 0 atom stereocenters. The highest BCUT2D eigenvalue weighted by Crippen LogP contribution is 2.18. The highest BCUT2D eigenvalue weighted by molar-refractivity contribution is 6.00. The molecule has 0 unspecified atom stereocenters. The van der Waals surface area contributed by atoms with E-state index in [1.54, 1.807) is 13.8 Å². The van der Waals surface area contributed by atoms with Crippen molar-refractivity contribution in [1.29, 1.82) is 0 Å². The van der Waals surface area contributed by atoms with Crippen molar-refractivity contribution >= 4 is 17.6 Å². The maximum atomic E-state index is 11.7. The van der Waals surface area contributed by atoms with Gasteiger partial charge in [0.15, 0.2) is 0 Å². The quantitative estimate of drug-likeness (QED) is 0.639. The minimum atomic E-state index is -0.856. The fourth-order valence-corrected chi connectivity index (χ4v) is 1.64. The van der Waals surface area contributed by atoms with E-state index in [-0.39, 0.29) is 24.0 Å². The molecule has 15 heavy (non-hydrogen) atoms. The molecule has 0 saturated carbocycles. The fourth-order valence-electron chi connectivity index (χ4n) is 1.64. The van der Waals surface area contributed by atoms with E-state index >= 15 is 0 Å². The summed E-state index contributed by atoms with van der Waals surface area (Å²) in [5.41, 5.74) is -0.856. The molecule has 1 saturated heterocycles. The van der Waals surface area contributed by atoms with E-state index in [0.29, 0.717) is 13.1 Å². The summed E-state index contributed by atoms with van der Waals surface area (Å²) >= 11 is 0. The lowest BCUT2D eigenvalue weighted by Gasteiger charge is -2.41. The second kappa shape index (κ2) is 4.00. The molecule has 0 aromatic heterocycles. The van der Waals surface area contributed by atoms with Crippen molar-refractivity contribution < 1.29 is 14.4 Å². The molecule has 1 heterocycles. The van der Waals surface area contributed by atoms with E-state index in [9.17, 15) is 14.4 Å². The van der Waals surface area contributed by atoms with Crippen molar-refractivity contribution in [1.82, 2.24) is 10.2 Å². The third-order valence-corrected chi connectivity index (χ3v) is 2.55. The van der Waals surface area contributed by atoms with Gasteiger partial charge in [-0.05, 0) is 20.8 Å². The first kappa shape index (κ1) is 11.7. The summed E-state index contributed by atoms with van der Waals surface area (Å²) in [4.78, 5) is 35.5. The lowest BCUT2D eigenvalue weighted by Crippen LogP contribution is -2.63. The summed E-state index contributed by atoms with van der Waals surface area (Å²) < 4.78 is 0. The molecule has 0 aromatic carbocycles. The number of piperazine rings is 1. The van der Waals surface area contributed by atoms with Crippen molar-refractivity contribution in [2.24, 2.45) is 0 Å². The molecular formula is C10H16N2O3. The first-order valence-electron chi connectivity index (χ1n) is 4.94. The Bertz CT molecular complexity index is 310. The predicted octanol–water partition coefficient (Wildman–Crippen LogP) is -0.297. The van der Waals surface area contributed by atoms with Crippen LogP contribution in [0.4, 0.5) is 0 Å². The smallest absolute Gasteiger partial charge is 0.245 e. The van der Waals surface area contributed by atoms with Gasteiger partial charge in [0.1, 0.15) is 11.3 Å². The Hall–Kier alpha value is -1.39. The van der Waals surface area contributed by atoms with Crippen molar-refractivity contribution in [3.8, 4) is 0 Å². The van der Waals surface area contributed by atoms with Crippen LogP contribution in [0.5, 0.6) is 0 Å². The first-order valence-corrected chi connectivity index (χ1v) is 4.94. The van der Waals surface area contributed by atoms with E-state index in [2.05, 4.69) is 5.32 Å². The molecule has 2 amide bonds. The Balaban J connectivity index is 2.79. The Morgan fingerprint density at radius 2 is 2.07 bits per heavy atom. The molecule has 1 fully saturated rings. The Labute approximate surface area is 88.8 Å². The van der Waals surface area contributed by atoms with Gasteiger partial charge in [0, 0.05) is 13.1 Å². The number of Topliss-reactive ketones (excluding diaryl/α,β-unsaturated/α-hetero) is 1. The van der Waals surface area contributed by atoms with Gasteiger partial charge < -0.3 is 10.2 Å². The highest BCUT2D eigenvalue weighted by Gasteiger charge is 2.40. The maximum Gasteiger partial charge on any atom is 0.245 e. The molecule has 0 spiro atoms. The van der Waals surface area contributed by atoms with Gasteiger partial charge in [-0.1, -0.05) is 0 Å². The van der Waals surface area contributed by atoms with Crippen LogP contribution in [-0.4, -0.2) is 41.1 Å². The number of hydrogen-bond donors (Lipinski definition) is 1. The maximum absolute atomic E-state index is 11.7. The molecule has 1 aliphatic heterocycles. The Kier molecular flexibility index (Phi) is 3.12. The van der Waals surface area contributed by atoms with Gasteiger partial charge in [0.25, 0.3) is 0 Å². The van der Waals surface area contributed by atoms with Gasteiger partial charge in [-0.15, -0.1) is 0 Å². The summed E-state index contributed by atoms with van der Waals surface area (Å²) in [6.07, 6.45) is -0.128. The third kappa shape index (κ3) is 2.34. The topological polar surface area (TPSA) is 66.5 Å². The van der Waals surface area contributed by atoms with Crippen LogP contribution in [0.2, 0.25) is 0 Å². The van der Waals surface area contributed by atoms with E-state index in [1.165, 1.54) is 11.8 Å². The van der Waals surface area contributed by atoms with Crippen molar-refractivity contribution in [2.45, 2.75) is 32.7 Å². The fraction of sp³-hybridized carbons (Fsp3) is 0.700. The molecule has 0 aliphatic carbocycles.